The summed E-state index contributed by atoms with van der Waals surface area (Å²) < 4.78 is 2.07. The molecule has 15 heavy (non-hydrogen) atoms. The lowest BCUT2D eigenvalue weighted by Gasteiger charge is -2.14. The highest BCUT2D eigenvalue weighted by Gasteiger charge is 2.19. The Hall–Kier alpha value is -1.84. The molecular formula is C11H12N4. The molecule has 0 saturated carbocycles. The summed E-state index contributed by atoms with van der Waals surface area (Å²) in [5.41, 5.74) is 10.4. The zero-order valence-corrected chi connectivity index (χ0v) is 8.57. The number of nitrogen functional groups attached to an aromatic ring is 1. The normalized spacial score (nSPS) is 13.4. The van der Waals surface area contributed by atoms with Crippen molar-refractivity contribution in [1.82, 2.24) is 14.5 Å². The van der Waals surface area contributed by atoms with Gasteiger partial charge in [0, 0.05) is 31.2 Å². The van der Waals surface area contributed by atoms with E-state index in [1.165, 1.54) is 16.7 Å². The van der Waals surface area contributed by atoms with Crippen molar-refractivity contribution in [1.29, 1.82) is 0 Å². The third-order valence-corrected chi connectivity index (χ3v) is 2.84. The van der Waals surface area contributed by atoms with Gasteiger partial charge in [-0.15, -0.1) is 0 Å². The predicted molar refractivity (Wildman–Crippen MR) is 58.3 cm³/mol. The monoisotopic (exact) mass is 200 g/mol. The highest BCUT2D eigenvalue weighted by atomic mass is 15.0. The van der Waals surface area contributed by atoms with E-state index in [1.54, 1.807) is 0 Å². The molecule has 2 heterocycles. The van der Waals surface area contributed by atoms with Crippen molar-refractivity contribution >= 4 is 5.95 Å². The number of nitrogens with zero attached hydrogens (tertiary/aromatic N) is 3. The zero-order chi connectivity index (χ0) is 10.4. The van der Waals surface area contributed by atoms with Gasteiger partial charge in [0.1, 0.15) is 0 Å². The Kier molecular flexibility index (Phi) is 1.59. The molecule has 0 radical (unpaired) electrons. The molecule has 0 atom stereocenters. The van der Waals surface area contributed by atoms with Crippen LogP contribution in [0.4, 0.5) is 5.95 Å². The van der Waals surface area contributed by atoms with Crippen LogP contribution in [0.1, 0.15) is 11.1 Å². The summed E-state index contributed by atoms with van der Waals surface area (Å²) in [6.45, 7) is 0. The molecule has 2 aromatic rings. The van der Waals surface area contributed by atoms with Crippen molar-refractivity contribution in [3.8, 4) is 11.3 Å². The highest BCUT2D eigenvalue weighted by Crippen LogP contribution is 2.32. The summed E-state index contributed by atoms with van der Waals surface area (Å²) in [5.74, 6) is 0.352. The van der Waals surface area contributed by atoms with E-state index in [-0.39, 0.29) is 0 Å². The molecular weight excluding hydrogens is 188 g/mol. The fourth-order valence-electron chi connectivity index (χ4n) is 2.16. The molecule has 0 fully saturated rings. The molecule has 1 aliphatic carbocycles. The maximum atomic E-state index is 5.62. The first kappa shape index (κ1) is 8.47. The molecule has 3 rings (SSSR count). The number of aromatic nitrogens is 3. The van der Waals surface area contributed by atoms with Crippen LogP contribution in [0.2, 0.25) is 0 Å². The average Bonchev–Trinajstić information content (AvgIpc) is 2.58. The molecule has 0 aliphatic heterocycles. The van der Waals surface area contributed by atoms with Gasteiger partial charge in [0.15, 0.2) is 0 Å². The second-order valence-corrected chi connectivity index (χ2v) is 3.96. The van der Waals surface area contributed by atoms with E-state index in [4.69, 9.17) is 5.73 Å². The van der Waals surface area contributed by atoms with Crippen LogP contribution in [-0.4, -0.2) is 14.5 Å². The van der Waals surface area contributed by atoms with Crippen LogP contribution >= 0.6 is 0 Å². The Balaban J connectivity index is 2.27. The van der Waals surface area contributed by atoms with Crippen LogP contribution in [0.5, 0.6) is 0 Å². The van der Waals surface area contributed by atoms with Gasteiger partial charge in [-0.3, -0.25) is 0 Å². The summed E-state index contributed by atoms with van der Waals surface area (Å²) in [7, 11) is 2.03. The Labute approximate surface area is 87.8 Å². The van der Waals surface area contributed by atoms with Gasteiger partial charge in [0.25, 0.3) is 0 Å². The minimum Gasteiger partial charge on any atom is -0.368 e. The average molecular weight is 200 g/mol. The Bertz CT molecular complexity index is 527. The van der Waals surface area contributed by atoms with Crippen molar-refractivity contribution in [3.05, 3.63) is 29.7 Å². The SMILES string of the molecule is Cn1cc2c(c1)-c1nc(N)ncc1CC2. The first-order valence-corrected chi connectivity index (χ1v) is 5.00. The number of nitrogens with two attached hydrogens (primary N) is 1. The summed E-state index contributed by atoms with van der Waals surface area (Å²) in [6.07, 6.45) is 8.16. The van der Waals surface area contributed by atoms with Crippen molar-refractivity contribution in [2.75, 3.05) is 5.73 Å². The fraction of sp³-hybridized carbons (Fsp3) is 0.273. The van der Waals surface area contributed by atoms with Gasteiger partial charge < -0.3 is 10.3 Å². The van der Waals surface area contributed by atoms with E-state index in [1.807, 2.05) is 13.2 Å². The topological polar surface area (TPSA) is 56.7 Å². The van der Waals surface area contributed by atoms with E-state index < -0.39 is 0 Å². The Morgan fingerprint density at radius 3 is 2.93 bits per heavy atom. The zero-order valence-electron chi connectivity index (χ0n) is 8.57. The van der Waals surface area contributed by atoms with Crippen LogP contribution in [-0.2, 0) is 19.9 Å². The van der Waals surface area contributed by atoms with Crippen molar-refractivity contribution in [2.45, 2.75) is 12.8 Å². The van der Waals surface area contributed by atoms with Crippen LogP contribution in [0.25, 0.3) is 11.3 Å². The third kappa shape index (κ3) is 1.21. The summed E-state index contributed by atoms with van der Waals surface area (Å²) in [6, 6.07) is 0. The summed E-state index contributed by atoms with van der Waals surface area (Å²) in [5, 5.41) is 0. The number of hydrogen-bond acceptors (Lipinski definition) is 3. The van der Waals surface area contributed by atoms with E-state index >= 15 is 0 Å². The van der Waals surface area contributed by atoms with Gasteiger partial charge in [-0.2, -0.15) is 0 Å². The number of aryl methyl sites for hydroxylation is 3. The Morgan fingerprint density at radius 1 is 1.27 bits per heavy atom. The quantitative estimate of drug-likeness (QED) is 0.694. The number of rotatable bonds is 0. The molecule has 0 spiro atoms. The predicted octanol–water partition coefficient (Wildman–Crippen LogP) is 1.16. The number of anilines is 1. The lowest BCUT2D eigenvalue weighted by atomic mass is 9.93. The second-order valence-electron chi connectivity index (χ2n) is 3.96. The summed E-state index contributed by atoms with van der Waals surface area (Å²) >= 11 is 0. The van der Waals surface area contributed by atoms with Gasteiger partial charge in [-0.05, 0) is 24.0 Å². The van der Waals surface area contributed by atoms with E-state index in [2.05, 4.69) is 26.9 Å². The molecule has 0 amide bonds. The maximum Gasteiger partial charge on any atom is 0.220 e. The largest absolute Gasteiger partial charge is 0.368 e. The van der Waals surface area contributed by atoms with Crippen molar-refractivity contribution < 1.29 is 0 Å². The van der Waals surface area contributed by atoms with E-state index in [9.17, 15) is 0 Å². The van der Waals surface area contributed by atoms with Crippen molar-refractivity contribution in [2.24, 2.45) is 7.05 Å². The van der Waals surface area contributed by atoms with Crippen LogP contribution in [0.3, 0.4) is 0 Å². The second kappa shape index (κ2) is 2.82. The standard InChI is InChI=1S/C11H12N4/c1-15-5-8-3-2-7-4-13-11(12)14-10(7)9(8)6-15/h4-6H,2-3H2,1H3,(H2,12,13,14). The molecule has 0 unspecified atom stereocenters. The van der Waals surface area contributed by atoms with Crippen LogP contribution in [0, 0.1) is 0 Å². The molecule has 2 aromatic heterocycles. The molecule has 1 aliphatic rings. The van der Waals surface area contributed by atoms with Gasteiger partial charge >= 0.3 is 0 Å². The molecule has 4 nitrogen and oxygen atoms in total. The van der Waals surface area contributed by atoms with Gasteiger partial charge in [0.2, 0.25) is 5.95 Å². The minimum atomic E-state index is 0.352. The fourth-order valence-corrected chi connectivity index (χ4v) is 2.16. The van der Waals surface area contributed by atoms with Crippen LogP contribution < -0.4 is 5.73 Å². The molecule has 76 valence electrons. The van der Waals surface area contributed by atoms with E-state index in [0.717, 1.165) is 18.5 Å². The number of hydrogen-bond donors (Lipinski definition) is 1. The first-order valence-electron chi connectivity index (χ1n) is 5.00. The lowest BCUT2D eigenvalue weighted by Crippen LogP contribution is -2.06. The smallest absolute Gasteiger partial charge is 0.220 e. The molecule has 0 saturated heterocycles. The van der Waals surface area contributed by atoms with Gasteiger partial charge in [-0.25, -0.2) is 9.97 Å². The van der Waals surface area contributed by atoms with Crippen molar-refractivity contribution in [3.63, 3.8) is 0 Å². The molecule has 2 N–H and O–H groups in total. The van der Waals surface area contributed by atoms with E-state index in [0.29, 0.717) is 5.95 Å². The summed E-state index contributed by atoms with van der Waals surface area (Å²) in [4.78, 5) is 8.35. The molecule has 0 aromatic carbocycles. The highest BCUT2D eigenvalue weighted by molar-refractivity contribution is 5.69. The first-order chi connectivity index (χ1) is 7.24. The molecule has 4 heteroatoms. The van der Waals surface area contributed by atoms with Gasteiger partial charge in [0.05, 0.1) is 5.69 Å². The lowest BCUT2D eigenvalue weighted by molar-refractivity contribution is 0.896. The Morgan fingerprint density at radius 2 is 2.07 bits per heavy atom. The maximum absolute atomic E-state index is 5.62. The van der Waals surface area contributed by atoms with Crippen LogP contribution in [0.15, 0.2) is 18.6 Å². The van der Waals surface area contributed by atoms with Gasteiger partial charge in [-0.1, -0.05) is 0 Å². The molecule has 0 bridgehead atoms. The minimum absolute atomic E-state index is 0.352. The number of fused-ring (bicyclic) bond motifs is 3. The third-order valence-electron chi connectivity index (χ3n) is 2.84.